The molecule has 0 saturated heterocycles. The summed E-state index contributed by atoms with van der Waals surface area (Å²) in [6.45, 7) is 0. The van der Waals surface area contributed by atoms with E-state index in [0.717, 1.165) is 17.1 Å². The van der Waals surface area contributed by atoms with Crippen molar-refractivity contribution in [1.29, 1.82) is 0 Å². The summed E-state index contributed by atoms with van der Waals surface area (Å²) in [4.78, 5) is 0. The lowest BCUT2D eigenvalue weighted by Crippen LogP contribution is -1.98. The molecule has 0 bridgehead atoms. The van der Waals surface area contributed by atoms with Gasteiger partial charge in [0, 0.05) is 10.9 Å². The number of ether oxygens (including phenoxy) is 1. The molecule has 208 valence electrons. The van der Waals surface area contributed by atoms with E-state index < -0.39 is 0 Å². The van der Waals surface area contributed by atoms with Crippen LogP contribution in [0.25, 0.3) is 87.2 Å². The SMILES string of the molecule is c1ccc(-c2c3ccccc3c(-c3ccc4c(c3)-c3cccc5c3c(cc3ccccc35)O4)c3ccc4ccccc4c23)cc1. The zero-order chi connectivity index (χ0) is 29.5. The molecule has 0 fully saturated rings. The van der Waals surface area contributed by atoms with Crippen molar-refractivity contribution in [3.05, 3.63) is 158 Å². The fraction of sp³-hybridized carbons (Fsp3) is 0. The molecule has 0 radical (unpaired) electrons. The van der Waals surface area contributed by atoms with E-state index in [1.54, 1.807) is 0 Å². The quantitative estimate of drug-likeness (QED) is 0.148. The Labute approximate surface area is 260 Å². The Morgan fingerprint density at radius 3 is 1.84 bits per heavy atom. The van der Waals surface area contributed by atoms with Gasteiger partial charge in [0.15, 0.2) is 0 Å². The van der Waals surface area contributed by atoms with Gasteiger partial charge in [0.2, 0.25) is 0 Å². The van der Waals surface area contributed by atoms with Gasteiger partial charge in [-0.15, -0.1) is 0 Å². The first kappa shape index (κ1) is 24.5. The first-order valence-electron chi connectivity index (χ1n) is 15.5. The van der Waals surface area contributed by atoms with Crippen molar-refractivity contribution < 1.29 is 4.74 Å². The van der Waals surface area contributed by atoms with Gasteiger partial charge in [-0.3, -0.25) is 0 Å². The Balaban J connectivity index is 1.32. The number of benzene rings is 9. The molecule has 9 aromatic carbocycles. The molecule has 9 aromatic rings. The third-order valence-electron chi connectivity index (χ3n) is 9.60. The highest BCUT2D eigenvalue weighted by Gasteiger charge is 2.24. The van der Waals surface area contributed by atoms with Crippen LogP contribution >= 0.6 is 0 Å². The molecular formula is C44H26O. The highest BCUT2D eigenvalue weighted by atomic mass is 16.5. The van der Waals surface area contributed by atoms with Crippen molar-refractivity contribution in [1.82, 2.24) is 0 Å². The van der Waals surface area contributed by atoms with Crippen molar-refractivity contribution in [2.24, 2.45) is 0 Å². The number of hydrogen-bond donors (Lipinski definition) is 0. The van der Waals surface area contributed by atoms with Crippen molar-refractivity contribution in [3.63, 3.8) is 0 Å². The smallest absolute Gasteiger partial charge is 0.136 e. The van der Waals surface area contributed by atoms with E-state index in [9.17, 15) is 0 Å². The molecule has 1 heterocycles. The largest absolute Gasteiger partial charge is 0.456 e. The van der Waals surface area contributed by atoms with E-state index in [0.29, 0.717) is 0 Å². The lowest BCUT2D eigenvalue weighted by atomic mass is 9.83. The summed E-state index contributed by atoms with van der Waals surface area (Å²) in [7, 11) is 0. The molecule has 1 aliphatic rings. The minimum Gasteiger partial charge on any atom is -0.456 e. The third kappa shape index (κ3) is 3.50. The van der Waals surface area contributed by atoms with Gasteiger partial charge in [0.05, 0.1) is 0 Å². The summed E-state index contributed by atoms with van der Waals surface area (Å²) < 4.78 is 6.66. The monoisotopic (exact) mass is 570 g/mol. The van der Waals surface area contributed by atoms with Crippen LogP contribution in [0.15, 0.2) is 158 Å². The normalized spacial score (nSPS) is 12.2. The molecule has 0 saturated carbocycles. The fourth-order valence-electron chi connectivity index (χ4n) is 7.70. The molecule has 1 heteroatoms. The maximum absolute atomic E-state index is 6.66. The fourth-order valence-corrected chi connectivity index (χ4v) is 7.70. The van der Waals surface area contributed by atoms with Crippen molar-refractivity contribution in [2.45, 2.75) is 0 Å². The summed E-state index contributed by atoms with van der Waals surface area (Å²) in [5, 5.41) is 12.4. The van der Waals surface area contributed by atoms with Crippen LogP contribution in [0.1, 0.15) is 0 Å². The van der Waals surface area contributed by atoms with E-state index in [-0.39, 0.29) is 0 Å². The number of fused-ring (bicyclic) bond motifs is 8. The molecule has 0 unspecified atom stereocenters. The molecule has 0 atom stereocenters. The van der Waals surface area contributed by atoms with Crippen LogP contribution in [0, 0.1) is 0 Å². The van der Waals surface area contributed by atoms with Crippen LogP contribution in [0.3, 0.4) is 0 Å². The van der Waals surface area contributed by atoms with Crippen molar-refractivity contribution >= 4 is 53.9 Å². The van der Waals surface area contributed by atoms with Crippen LogP contribution in [0.2, 0.25) is 0 Å². The van der Waals surface area contributed by atoms with E-state index >= 15 is 0 Å². The first-order chi connectivity index (χ1) is 22.3. The second-order valence-electron chi connectivity index (χ2n) is 12.0. The van der Waals surface area contributed by atoms with Gasteiger partial charge in [-0.2, -0.15) is 0 Å². The van der Waals surface area contributed by atoms with Gasteiger partial charge in [-0.05, 0) is 94.5 Å². The minimum atomic E-state index is 0.897. The van der Waals surface area contributed by atoms with Crippen molar-refractivity contribution in [2.75, 3.05) is 0 Å². The average molecular weight is 571 g/mol. The second-order valence-corrected chi connectivity index (χ2v) is 12.0. The molecule has 0 aromatic heterocycles. The maximum atomic E-state index is 6.66. The first-order valence-corrected chi connectivity index (χ1v) is 15.5. The molecule has 0 aliphatic carbocycles. The predicted molar refractivity (Wildman–Crippen MR) is 190 cm³/mol. The summed E-state index contributed by atoms with van der Waals surface area (Å²) >= 11 is 0. The van der Waals surface area contributed by atoms with E-state index in [1.807, 2.05) is 0 Å². The Kier molecular flexibility index (Phi) is 5.06. The highest BCUT2D eigenvalue weighted by molar-refractivity contribution is 6.28. The lowest BCUT2D eigenvalue weighted by molar-refractivity contribution is 0.488. The summed E-state index contributed by atoms with van der Waals surface area (Å²) in [6.07, 6.45) is 0. The van der Waals surface area contributed by atoms with E-state index in [4.69, 9.17) is 4.74 Å². The summed E-state index contributed by atoms with van der Waals surface area (Å²) in [5.74, 6) is 1.82. The molecule has 1 nitrogen and oxygen atoms in total. The average Bonchev–Trinajstić information content (AvgIpc) is 3.11. The lowest BCUT2D eigenvalue weighted by Gasteiger charge is -2.24. The van der Waals surface area contributed by atoms with Gasteiger partial charge < -0.3 is 4.74 Å². The summed E-state index contributed by atoms with van der Waals surface area (Å²) in [6, 6.07) is 57.3. The van der Waals surface area contributed by atoms with Gasteiger partial charge in [0.1, 0.15) is 11.5 Å². The molecule has 45 heavy (non-hydrogen) atoms. The van der Waals surface area contributed by atoms with E-state index in [2.05, 4.69) is 158 Å². The zero-order valence-corrected chi connectivity index (χ0v) is 24.4. The van der Waals surface area contributed by atoms with Gasteiger partial charge in [-0.25, -0.2) is 0 Å². The Hall–Kier alpha value is -5.92. The van der Waals surface area contributed by atoms with Crippen LogP contribution in [-0.4, -0.2) is 0 Å². The second kappa shape index (κ2) is 9.29. The Morgan fingerprint density at radius 2 is 1.00 bits per heavy atom. The van der Waals surface area contributed by atoms with E-state index in [1.165, 1.54) is 81.7 Å². The molecule has 10 rings (SSSR count). The summed E-state index contributed by atoms with van der Waals surface area (Å²) in [5.41, 5.74) is 7.31. The topological polar surface area (TPSA) is 9.23 Å². The highest BCUT2D eigenvalue weighted by Crippen LogP contribution is 2.51. The van der Waals surface area contributed by atoms with Crippen molar-refractivity contribution in [3.8, 4) is 44.9 Å². The molecule has 0 N–H and O–H groups in total. The van der Waals surface area contributed by atoms with Crippen LogP contribution < -0.4 is 4.74 Å². The molecule has 0 spiro atoms. The van der Waals surface area contributed by atoms with Gasteiger partial charge >= 0.3 is 0 Å². The number of hydrogen-bond acceptors (Lipinski definition) is 1. The standard InChI is InChI=1S/C44H26O/c1-2-12-28(13-3-1)42-35-18-9-8-17-34(35)41(37-23-21-27-11-4-7-16-32(27)44(37)42)30-22-24-39-38(25-30)36-20-10-19-33-31-15-6-5-14-29(31)26-40(45-39)43(33)36/h1-26H. The minimum absolute atomic E-state index is 0.897. The predicted octanol–water partition coefficient (Wildman–Crippen LogP) is 12.6. The molecule has 0 amide bonds. The van der Waals surface area contributed by atoms with Crippen LogP contribution in [0.4, 0.5) is 0 Å². The Bertz CT molecular complexity index is 2670. The Morgan fingerprint density at radius 1 is 0.311 bits per heavy atom. The number of rotatable bonds is 2. The third-order valence-corrected chi connectivity index (χ3v) is 9.60. The van der Waals surface area contributed by atoms with Crippen LogP contribution in [0.5, 0.6) is 11.5 Å². The van der Waals surface area contributed by atoms with Gasteiger partial charge in [-0.1, -0.05) is 140 Å². The van der Waals surface area contributed by atoms with Crippen LogP contribution in [-0.2, 0) is 0 Å². The zero-order valence-electron chi connectivity index (χ0n) is 24.4. The molecular weight excluding hydrogens is 544 g/mol. The maximum Gasteiger partial charge on any atom is 0.136 e. The van der Waals surface area contributed by atoms with Gasteiger partial charge in [0.25, 0.3) is 0 Å². The molecule has 1 aliphatic heterocycles.